The lowest BCUT2D eigenvalue weighted by Gasteiger charge is -2.34. The quantitative estimate of drug-likeness (QED) is 0.418. The van der Waals surface area contributed by atoms with Crippen LogP contribution in [0.3, 0.4) is 0 Å². The largest absolute Gasteiger partial charge is 0.439 e. The fourth-order valence-electron chi connectivity index (χ4n) is 4.41. The first-order chi connectivity index (χ1) is 17.0. The van der Waals surface area contributed by atoms with E-state index >= 15 is 0 Å². The number of hydrogen-bond donors (Lipinski definition) is 2. The molecule has 9 nitrogen and oxygen atoms in total. The zero-order valence-corrected chi connectivity index (χ0v) is 20.5. The number of rotatable bonds is 7. The molecule has 182 valence electrons. The van der Waals surface area contributed by atoms with Crippen LogP contribution in [0.1, 0.15) is 18.1 Å². The summed E-state index contributed by atoms with van der Waals surface area (Å²) in [5.41, 5.74) is 10.9. The summed E-state index contributed by atoms with van der Waals surface area (Å²) in [5, 5.41) is 3.45. The van der Waals surface area contributed by atoms with E-state index < -0.39 is 0 Å². The van der Waals surface area contributed by atoms with E-state index in [9.17, 15) is 0 Å². The van der Waals surface area contributed by atoms with E-state index in [1.165, 1.54) is 11.1 Å². The fourth-order valence-corrected chi connectivity index (χ4v) is 4.41. The molecule has 1 aliphatic heterocycles. The van der Waals surface area contributed by atoms with Gasteiger partial charge in [0.25, 0.3) is 0 Å². The third kappa shape index (κ3) is 5.21. The standard InChI is InChI=1S/C26H32N8O/c1-4-33-11-13-34(14-12-33)17-19-5-6-20(15-18(19)2)29-26-30-22-7-8-24(31-25(22)32(26)3)35-21-9-10-28-23(27)16-21/h5-10,15-16H,4,11-14,17H2,1-3H3,(H2,27,28)(H,29,30). The Morgan fingerprint density at radius 2 is 1.80 bits per heavy atom. The second-order valence-electron chi connectivity index (χ2n) is 8.98. The van der Waals surface area contributed by atoms with E-state index in [2.05, 4.69) is 57.1 Å². The third-order valence-electron chi connectivity index (χ3n) is 6.57. The molecule has 4 heterocycles. The highest BCUT2D eigenvalue weighted by atomic mass is 16.5. The summed E-state index contributed by atoms with van der Waals surface area (Å²) in [6, 6.07) is 13.6. The van der Waals surface area contributed by atoms with Gasteiger partial charge in [0.2, 0.25) is 11.8 Å². The molecule has 0 bridgehead atoms. The molecule has 3 aromatic heterocycles. The summed E-state index contributed by atoms with van der Waals surface area (Å²) in [6.07, 6.45) is 1.61. The Labute approximate surface area is 205 Å². The minimum atomic E-state index is 0.399. The highest BCUT2D eigenvalue weighted by molar-refractivity contribution is 5.76. The monoisotopic (exact) mass is 472 g/mol. The first kappa shape index (κ1) is 23.1. The summed E-state index contributed by atoms with van der Waals surface area (Å²) in [6.45, 7) is 11.1. The van der Waals surface area contributed by atoms with Crippen LogP contribution in [0, 0.1) is 6.92 Å². The predicted octanol–water partition coefficient (Wildman–Crippen LogP) is 3.93. The number of imidazole rings is 1. The first-order valence-electron chi connectivity index (χ1n) is 12.0. The van der Waals surface area contributed by atoms with Gasteiger partial charge in [-0.05, 0) is 48.9 Å². The maximum Gasteiger partial charge on any atom is 0.221 e. The normalized spacial score (nSPS) is 14.9. The van der Waals surface area contributed by atoms with Crippen LogP contribution in [0.15, 0.2) is 48.7 Å². The number of aromatic nitrogens is 4. The van der Waals surface area contributed by atoms with Gasteiger partial charge < -0.3 is 20.7 Å². The second-order valence-corrected chi connectivity index (χ2v) is 8.98. The first-order valence-corrected chi connectivity index (χ1v) is 12.0. The topological polar surface area (TPSA) is 97.4 Å². The average molecular weight is 473 g/mol. The van der Waals surface area contributed by atoms with E-state index in [1.54, 1.807) is 24.4 Å². The van der Waals surface area contributed by atoms with Gasteiger partial charge in [-0.3, -0.25) is 9.47 Å². The van der Waals surface area contributed by atoms with Gasteiger partial charge >= 0.3 is 0 Å². The molecule has 1 aliphatic rings. The number of anilines is 3. The molecule has 0 amide bonds. The predicted molar refractivity (Wildman–Crippen MR) is 139 cm³/mol. The van der Waals surface area contributed by atoms with Gasteiger partial charge in [-0.15, -0.1) is 0 Å². The van der Waals surface area contributed by atoms with Crippen molar-refractivity contribution in [3.63, 3.8) is 0 Å². The van der Waals surface area contributed by atoms with Crippen LogP contribution < -0.4 is 15.8 Å². The molecule has 1 fully saturated rings. The zero-order valence-electron chi connectivity index (χ0n) is 20.5. The number of nitrogen functional groups attached to an aromatic ring is 1. The molecule has 0 radical (unpaired) electrons. The van der Waals surface area contributed by atoms with Gasteiger partial charge in [0.15, 0.2) is 5.65 Å². The average Bonchev–Trinajstić information content (AvgIpc) is 3.16. The smallest absolute Gasteiger partial charge is 0.221 e. The van der Waals surface area contributed by atoms with Gasteiger partial charge in [-0.25, -0.2) is 9.97 Å². The molecule has 0 unspecified atom stereocenters. The zero-order chi connectivity index (χ0) is 24.4. The van der Waals surface area contributed by atoms with E-state index in [0.717, 1.165) is 62.1 Å². The SMILES string of the molecule is CCN1CCN(Cc2ccc(Nc3nc4ccc(Oc5ccnc(N)c5)nc4n3C)cc2C)CC1. The van der Waals surface area contributed by atoms with Crippen LogP contribution in [-0.4, -0.2) is 62.0 Å². The number of fused-ring (bicyclic) bond motifs is 1. The minimum absolute atomic E-state index is 0.399. The highest BCUT2D eigenvalue weighted by Gasteiger charge is 2.17. The van der Waals surface area contributed by atoms with E-state index in [-0.39, 0.29) is 0 Å². The van der Waals surface area contributed by atoms with Crippen molar-refractivity contribution in [3.8, 4) is 11.6 Å². The number of nitrogens with zero attached hydrogens (tertiary/aromatic N) is 6. The molecule has 5 rings (SSSR count). The molecule has 0 saturated carbocycles. The Morgan fingerprint density at radius 3 is 2.54 bits per heavy atom. The van der Waals surface area contributed by atoms with Crippen molar-refractivity contribution < 1.29 is 4.74 Å². The van der Waals surface area contributed by atoms with Gasteiger partial charge in [0.05, 0.1) is 0 Å². The number of nitrogens with one attached hydrogen (secondary N) is 1. The van der Waals surface area contributed by atoms with Crippen molar-refractivity contribution in [2.45, 2.75) is 20.4 Å². The molecule has 4 aromatic rings. The number of pyridine rings is 2. The lowest BCUT2D eigenvalue weighted by Crippen LogP contribution is -2.45. The summed E-state index contributed by atoms with van der Waals surface area (Å²) in [7, 11) is 1.94. The third-order valence-corrected chi connectivity index (χ3v) is 6.57. The van der Waals surface area contributed by atoms with E-state index in [0.29, 0.717) is 17.4 Å². The van der Waals surface area contributed by atoms with Gasteiger partial charge in [-0.2, -0.15) is 4.98 Å². The van der Waals surface area contributed by atoms with E-state index in [4.69, 9.17) is 15.5 Å². The highest BCUT2D eigenvalue weighted by Crippen LogP contribution is 2.26. The second kappa shape index (κ2) is 9.89. The fraction of sp³-hybridized carbons (Fsp3) is 0.346. The van der Waals surface area contributed by atoms with Crippen LogP contribution in [0.25, 0.3) is 11.2 Å². The maximum atomic E-state index is 5.85. The molecule has 0 atom stereocenters. The molecule has 1 saturated heterocycles. The summed E-state index contributed by atoms with van der Waals surface area (Å²) in [4.78, 5) is 18.4. The number of piperazine rings is 1. The molecule has 1 aromatic carbocycles. The van der Waals surface area contributed by atoms with Crippen molar-refractivity contribution >= 4 is 28.6 Å². The van der Waals surface area contributed by atoms with Crippen molar-refractivity contribution in [2.24, 2.45) is 7.05 Å². The Hall–Kier alpha value is -3.69. The van der Waals surface area contributed by atoms with Crippen LogP contribution in [0.4, 0.5) is 17.5 Å². The number of ether oxygens (including phenoxy) is 1. The van der Waals surface area contributed by atoms with Crippen LogP contribution >= 0.6 is 0 Å². The Bertz CT molecular complexity index is 1330. The van der Waals surface area contributed by atoms with Gasteiger partial charge in [0.1, 0.15) is 17.1 Å². The number of hydrogen-bond acceptors (Lipinski definition) is 8. The molecular formula is C26H32N8O. The molecule has 0 aliphatic carbocycles. The van der Waals surface area contributed by atoms with Crippen LogP contribution in [0.2, 0.25) is 0 Å². The molecular weight excluding hydrogens is 440 g/mol. The van der Waals surface area contributed by atoms with Crippen molar-refractivity contribution in [3.05, 3.63) is 59.8 Å². The summed E-state index contributed by atoms with van der Waals surface area (Å²) >= 11 is 0. The maximum absolute atomic E-state index is 5.85. The van der Waals surface area contributed by atoms with Gasteiger partial charge in [-0.1, -0.05) is 13.0 Å². The van der Waals surface area contributed by atoms with E-state index in [1.807, 2.05) is 17.7 Å². The van der Waals surface area contributed by atoms with Crippen molar-refractivity contribution in [2.75, 3.05) is 43.8 Å². The van der Waals surface area contributed by atoms with Crippen molar-refractivity contribution in [1.82, 2.24) is 29.3 Å². The molecule has 9 heteroatoms. The summed E-state index contributed by atoms with van der Waals surface area (Å²) in [5.74, 6) is 2.18. The van der Waals surface area contributed by atoms with Crippen LogP contribution in [-0.2, 0) is 13.6 Å². The van der Waals surface area contributed by atoms with Gasteiger partial charge in [0, 0.05) is 63.8 Å². The summed E-state index contributed by atoms with van der Waals surface area (Å²) < 4.78 is 7.78. The lowest BCUT2D eigenvalue weighted by atomic mass is 10.1. The Balaban J connectivity index is 1.29. The Kier molecular flexibility index (Phi) is 6.52. The minimum Gasteiger partial charge on any atom is -0.439 e. The molecule has 3 N–H and O–H groups in total. The number of benzene rings is 1. The van der Waals surface area contributed by atoms with Crippen LogP contribution in [0.5, 0.6) is 11.6 Å². The lowest BCUT2D eigenvalue weighted by molar-refractivity contribution is 0.132. The molecule has 35 heavy (non-hydrogen) atoms. The number of aryl methyl sites for hydroxylation is 2. The molecule has 0 spiro atoms. The Morgan fingerprint density at radius 1 is 1.00 bits per heavy atom. The number of likely N-dealkylation sites (N-methyl/N-ethyl adjacent to an activating group) is 1. The van der Waals surface area contributed by atoms with Crippen molar-refractivity contribution in [1.29, 1.82) is 0 Å². The number of nitrogens with two attached hydrogens (primary N) is 1.